The third-order valence-electron chi connectivity index (χ3n) is 6.61. The molecule has 0 atom stereocenters. The minimum atomic E-state index is -6.57. The number of carbonyl (C=O) groups is 2. The van der Waals surface area contributed by atoms with Crippen molar-refractivity contribution in [2.24, 2.45) is 5.92 Å². The Balaban J connectivity index is 1.70. The monoisotopic (exact) mass is 640 g/mol. The highest BCUT2D eigenvalue weighted by atomic mass is 19.4. The lowest BCUT2D eigenvalue weighted by Crippen LogP contribution is -2.50. The van der Waals surface area contributed by atoms with Crippen LogP contribution in [0.4, 0.5) is 59.7 Å². The molecule has 0 aromatic heterocycles. The highest BCUT2D eigenvalue weighted by Gasteiger charge is 2.73. The Bertz CT molecular complexity index is 1520. The van der Waals surface area contributed by atoms with Crippen LogP contribution in [0.15, 0.2) is 60.7 Å². The second-order valence-electron chi connectivity index (χ2n) is 9.70. The highest BCUT2D eigenvalue weighted by molar-refractivity contribution is 6.09. The summed E-state index contributed by atoms with van der Waals surface area (Å²) in [4.78, 5) is 27.2. The van der Waals surface area contributed by atoms with Crippen molar-refractivity contribution in [3.05, 3.63) is 89.0 Å². The van der Waals surface area contributed by atoms with Gasteiger partial charge in [-0.2, -0.15) is 35.1 Å². The summed E-state index contributed by atoms with van der Waals surface area (Å²) in [6.45, 7) is -3.84. The average Bonchev–Trinajstić information content (AvgIpc) is 3.75. The predicted molar refractivity (Wildman–Crippen MR) is 133 cm³/mol. The van der Waals surface area contributed by atoms with Crippen molar-refractivity contribution in [1.29, 1.82) is 0 Å². The van der Waals surface area contributed by atoms with E-state index < -0.39 is 76.3 Å². The van der Waals surface area contributed by atoms with E-state index in [2.05, 4.69) is 4.74 Å². The predicted octanol–water partition coefficient (Wildman–Crippen LogP) is 8.16. The molecule has 3 aromatic carbocycles. The van der Waals surface area contributed by atoms with Crippen LogP contribution in [0.1, 0.15) is 39.1 Å². The number of anilines is 2. The van der Waals surface area contributed by atoms with Crippen LogP contribution in [-0.4, -0.2) is 37.3 Å². The molecule has 0 radical (unpaired) electrons. The summed E-state index contributed by atoms with van der Waals surface area (Å²) in [6.07, 6.45) is -11.7. The minimum absolute atomic E-state index is 0.00936. The molecule has 1 aliphatic carbocycles. The van der Waals surface area contributed by atoms with Crippen LogP contribution < -0.4 is 15.0 Å². The van der Waals surface area contributed by atoms with Gasteiger partial charge in [0.2, 0.25) is 0 Å². The third kappa shape index (κ3) is 6.58. The normalized spacial score (nSPS) is 14.0. The molecule has 0 unspecified atom stereocenters. The van der Waals surface area contributed by atoms with Crippen molar-refractivity contribution in [2.45, 2.75) is 37.5 Å². The van der Waals surface area contributed by atoms with Crippen molar-refractivity contribution in [3.8, 4) is 5.75 Å². The quantitative estimate of drug-likeness (QED) is 0.240. The summed E-state index contributed by atoms with van der Waals surface area (Å²) in [7, 11) is 0. The summed E-state index contributed by atoms with van der Waals surface area (Å²) in [5.41, 5.74) is -10.4. The molecule has 0 saturated heterocycles. The van der Waals surface area contributed by atoms with Crippen LogP contribution in [0.2, 0.25) is 0 Å². The molecule has 1 aliphatic rings. The molecule has 1 fully saturated rings. The number of amides is 2. The largest absolute Gasteiger partial charge is 0.435 e. The fourth-order valence-corrected chi connectivity index (χ4v) is 4.21. The molecule has 0 heterocycles. The first kappa shape index (κ1) is 32.5. The Morgan fingerprint density at radius 3 is 2.05 bits per heavy atom. The molecule has 44 heavy (non-hydrogen) atoms. The van der Waals surface area contributed by atoms with Gasteiger partial charge in [0.05, 0.1) is 16.9 Å². The summed E-state index contributed by atoms with van der Waals surface area (Å²) in [6, 6.07) is 7.39. The second-order valence-corrected chi connectivity index (χ2v) is 9.70. The number of nitrogens with zero attached hydrogens (tertiary/aromatic N) is 1. The average molecular weight is 640 g/mol. The fraction of sp³-hybridized carbons (Fsp3) is 0.286. The zero-order chi connectivity index (χ0) is 32.6. The first-order valence-electron chi connectivity index (χ1n) is 12.5. The molecule has 3 aromatic rings. The number of benzene rings is 3. The van der Waals surface area contributed by atoms with E-state index in [0.29, 0.717) is 12.8 Å². The number of nitrogens with one attached hydrogen (secondary N) is 1. The number of hydrogen-bond acceptors (Lipinski definition) is 3. The van der Waals surface area contributed by atoms with Gasteiger partial charge in [-0.1, -0.05) is 12.1 Å². The molecule has 16 heteroatoms. The Labute approximate surface area is 241 Å². The van der Waals surface area contributed by atoms with E-state index in [1.54, 1.807) is 0 Å². The molecule has 1 N–H and O–H groups in total. The topological polar surface area (TPSA) is 58.6 Å². The van der Waals surface area contributed by atoms with Crippen molar-refractivity contribution in [3.63, 3.8) is 0 Å². The number of alkyl halides is 9. The van der Waals surface area contributed by atoms with Crippen LogP contribution >= 0.6 is 0 Å². The summed E-state index contributed by atoms with van der Waals surface area (Å²) in [5, 5.41) is 1.85. The molecule has 236 valence electrons. The van der Waals surface area contributed by atoms with Crippen molar-refractivity contribution in [1.82, 2.24) is 0 Å². The molecule has 0 aliphatic heterocycles. The number of halogens is 11. The lowest BCUT2D eigenvalue weighted by Gasteiger charge is -2.30. The maximum Gasteiger partial charge on any atom is 0.435 e. The van der Waals surface area contributed by atoms with Gasteiger partial charge in [0, 0.05) is 17.7 Å². The number of carbonyl (C=O) groups excluding carboxylic acids is 2. The van der Waals surface area contributed by atoms with E-state index in [1.807, 2.05) is 5.32 Å². The Morgan fingerprint density at radius 2 is 1.50 bits per heavy atom. The summed E-state index contributed by atoms with van der Waals surface area (Å²) >= 11 is 0. The van der Waals surface area contributed by atoms with Crippen LogP contribution in [-0.2, 0) is 5.67 Å². The Morgan fingerprint density at radius 1 is 0.886 bits per heavy atom. The Kier molecular flexibility index (Phi) is 8.85. The van der Waals surface area contributed by atoms with Gasteiger partial charge in [-0.3, -0.25) is 9.59 Å². The van der Waals surface area contributed by atoms with E-state index in [-0.39, 0.29) is 36.2 Å². The van der Waals surface area contributed by atoms with Crippen molar-refractivity contribution >= 4 is 23.2 Å². The first-order valence-corrected chi connectivity index (χ1v) is 12.5. The van der Waals surface area contributed by atoms with E-state index in [1.165, 1.54) is 0 Å². The van der Waals surface area contributed by atoms with Crippen LogP contribution in [0.5, 0.6) is 5.75 Å². The molecular formula is C28H19F11N2O3. The summed E-state index contributed by atoms with van der Waals surface area (Å²) in [5.74, 6) is -5.63. The van der Waals surface area contributed by atoms with E-state index >= 15 is 4.39 Å². The number of rotatable bonds is 9. The standard InChI is InChI=1S/C28H19F11N2O3/c29-17-9-6-15(7-10-17)24(43)41(13-14-4-5-14)20-3-1-2-18(22(20)30)23(42)40-19-11-8-16(12-21(19)44-25(31)32)26(33,27(34,35)36)28(37,38)39/h1-3,6-12,14,25H,4-5,13H2,(H,40,42). The van der Waals surface area contributed by atoms with Gasteiger partial charge in [0.1, 0.15) is 11.6 Å². The molecule has 0 bridgehead atoms. The zero-order valence-corrected chi connectivity index (χ0v) is 21.9. The fourth-order valence-electron chi connectivity index (χ4n) is 4.21. The zero-order valence-electron chi connectivity index (χ0n) is 21.9. The minimum Gasteiger partial charge on any atom is -0.433 e. The van der Waals surface area contributed by atoms with Gasteiger partial charge < -0.3 is 15.0 Å². The van der Waals surface area contributed by atoms with E-state index in [4.69, 9.17) is 0 Å². The Hall–Kier alpha value is -4.37. The lowest BCUT2D eigenvalue weighted by molar-refractivity contribution is -0.348. The van der Waals surface area contributed by atoms with Gasteiger partial charge in [-0.15, -0.1) is 0 Å². The van der Waals surface area contributed by atoms with E-state index in [0.717, 1.165) is 47.4 Å². The van der Waals surface area contributed by atoms with Crippen LogP contribution in [0.25, 0.3) is 0 Å². The highest BCUT2D eigenvalue weighted by Crippen LogP contribution is 2.54. The van der Waals surface area contributed by atoms with Gasteiger partial charge >= 0.3 is 24.6 Å². The van der Waals surface area contributed by atoms with Gasteiger partial charge in [-0.05, 0) is 67.3 Å². The first-order chi connectivity index (χ1) is 20.4. The van der Waals surface area contributed by atoms with Crippen molar-refractivity contribution in [2.75, 3.05) is 16.8 Å². The molecule has 0 spiro atoms. The van der Waals surface area contributed by atoms with Gasteiger partial charge in [0.15, 0.2) is 5.82 Å². The molecule has 5 nitrogen and oxygen atoms in total. The lowest BCUT2D eigenvalue weighted by atomic mass is 9.93. The van der Waals surface area contributed by atoms with Crippen LogP contribution in [0, 0.1) is 17.6 Å². The summed E-state index contributed by atoms with van der Waals surface area (Å²) < 4.78 is 153. The van der Waals surface area contributed by atoms with Gasteiger partial charge in [-0.25, -0.2) is 13.2 Å². The maximum absolute atomic E-state index is 15.7. The van der Waals surface area contributed by atoms with E-state index in [9.17, 15) is 53.5 Å². The smallest absolute Gasteiger partial charge is 0.433 e. The second kappa shape index (κ2) is 12.0. The number of ether oxygens (including phenoxy) is 1. The molecule has 2 amide bonds. The SMILES string of the molecule is O=C(Nc1ccc(C(F)(C(F)(F)F)C(F)(F)F)cc1OC(F)F)c1cccc(N(CC2CC2)C(=O)c2ccc(F)cc2)c1F. The van der Waals surface area contributed by atoms with Gasteiger partial charge in [0.25, 0.3) is 11.8 Å². The maximum atomic E-state index is 15.7. The molecule has 1 saturated carbocycles. The van der Waals surface area contributed by atoms with Crippen molar-refractivity contribution < 1.29 is 62.6 Å². The molecule has 4 rings (SSSR count). The number of hydrogen-bond donors (Lipinski definition) is 1. The third-order valence-corrected chi connectivity index (χ3v) is 6.61. The van der Waals surface area contributed by atoms with Crippen LogP contribution in [0.3, 0.4) is 0 Å². The molecular weight excluding hydrogens is 621 g/mol.